The summed E-state index contributed by atoms with van der Waals surface area (Å²) in [7, 11) is 0. The Balaban J connectivity index is 1.50. The summed E-state index contributed by atoms with van der Waals surface area (Å²) in [5.41, 5.74) is 8.06. The van der Waals surface area contributed by atoms with Crippen molar-refractivity contribution in [1.29, 1.82) is 0 Å². The van der Waals surface area contributed by atoms with E-state index < -0.39 is 18.0 Å². The van der Waals surface area contributed by atoms with Crippen LogP contribution in [-0.4, -0.2) is 36.2 Å². The molecule has 28 heavy (non-hydrogen) atoms. The van der Waals surface area contributed by atoms with Crippen molar-refractivity contribution in [3.05, 3.63) is 48.0 Å². The number of rotatable bonds is 5. The number of halogens is 1. The second kappa shape index (κ2) is 6.87. The molecule has 1 saturated carbocycles. The molecule has 1 aliphatic heterocycles. The highest BCUT2D eigenvalue weighted by Crippen LogP contribution is 2.41. The number of amides is 2. The molecule has 146 valence electrons. The quantitative estimate of drug-likeness (QED) is 0.824. The molecular weight excluding hydrogens is 363 g/mol. The second-order valence-electron chi connectivity index (χ2n) is 7.31. The smallest absolute Gasteiger partial charge is 0.414 e. The number of aromatic nitrogens is 1. The summed E-state index contributed by atoms with van der Waals surface area (Å²) in [6.45, 7) is 1.85. The van der Waals surface area contributed by atoms with Gasteiger partial charge in [0, 0.05) is 24.2 Å². The van der Waals surface area contributed by atoms with Crippen LogP contribution < -0.4 is 16.0 Å². The van der Waals surface area contributed by atoms with Gasteiger partial charge < -0.3 is 15.8 Å². The fraction of sp³-hybridized carbons (Fsp3) is 0.350. The number of anilines is 1. The Labute approximate surface area is 161 Å². The van der Waals surface area contributed by atoms with Gasteiger partial charge in [0.15, 0.2) is 0 Å². The van der Waals surface area contributed by atoms with E-state index in [0.29, 0.717) is 16.8 Å². The largest absolute Gasteiger partial charge is 0.442 e. The number of pyridine rings is 1. The number of nitrogens with zero attached hydrogens (tertiary/aromatic N) is 2. The first kappa shape index (κ1) is 18.4. The number of cyclic esters (lactones) is 1. The van der Waals surface area contributed by atoms with Crippen LogP contribution in [0.25, 0.3) is 11.1 Å². The van der Waals surface area contributed by atoms with Gasteiger partial charge in [-0.05, 0) is 37.1 Å². The molecule has 1 aliphatic carbocycles. The molecule has 1 aromatic heterocycles. The lowest BCUT2D eigenvalue weighted by atomic mass is 10.0. The molecule has 1 saturated heterocycles. The molecule has 3 N–H and O–H groups in total. The minimum absolute atomic E-state index is 0.202. The third-order valence-electron chi connectivity index (χ3n) is 5.09. The normalized spacial score (nSPS) is 20.0. The summed E-state index contributed by atoms with van der Waals surface area (Å²) in [6.07, 6.45) is 2.41. The number of carbonyl (C=O) groups is 2. The van der Waals surface area contributed by atoms with Gasteiger partial charge in [0.25, 0.3) is 0 Å². The average Bonchev–Trinajstić information content (AvgIpc) is 3.31. The SMILES string of the molecule is CC(=O)NCC1CN(c2ccc(-c3ccc(C4(N)CC4)nc3)c(F)c2)C(=O)O1. The predicted octanol–water partition coefficient (Wildman–Crippen LogP) is 2.30. The van der Waals surface area contributed by atoms with Gasteiger partial charge in [0.1, 0.15) is 11.9 Å². The topological polar surface area (TPSA) is 97.5 Å². The van der Waals surface area contributed by atoms with E-state index in [1.165, 1.54) is 17.9 Å². The van der Waals surface area contributed by atoms with Crippen molar-refractivity contribution in [2.75, 3.05) is 18.0 Å². The van der Waals surface area contributed by atoms with E-state index in [9.17, 15) is 14.0 Å². The van der Waals surface area contributed by atoms with Gasteiger partial charge in [0.05, 0.1) is 30.0 Å². The molecule has 4 rings (SSSR count). The Morgan fingerprint density at radius 3 is 2.79 bits per heavy atom. The number of hydrogen-bond donors (Lipinski definition) is 2. The number of carbonyl (C=O) groups excluding carboxylic acids is 2. The van der Waals surface area contributed by atoms with Gasteiger partial charge in [-0.15, -0.1) is 0 Å². The van der Waals surface area contributed by atoms with Gasteiger partial charge >= 0.3 is 6.09 Å². The summed E-state index contributed by atoms with van der Waals surface area (Å²) in [5, 5.41) is 2.61. The van der Waals surface area contributed by atoms with Gasteiger partial charge in [-0.2, -0.15) is 0 Å². The van der Waals surface area contributed by atoms with E-state index in [-0.39, 0.29) is 24.5 Å². The molecule has 2 amide bonds. The van der Waals surface area contributed by atoms with Crippen molar-refractivity contribution in [3.63, 3.8) is 0 Å². The Morgan fingerprint density at radius 2 is 2.18 bits per heavy atom. The standard InChI is InChI=1S/C20H21FN4O3/c1-12(26)23-10-15-11-25(19(27)28-15)14-3-4-16(17(21)8-14)13-2-5-18(24-9-13)20(22)6-7-20/h2-5,8-9,15H,6-7,10-11,22H2,1H3,(H,23,26). The summed E-state index contributed by atoms with van der Waals surface area (Å²) < 4.78 is 19.9. The Kier molecular flexibility index (Phi) is 4.50. The zero-order valence-corrected chi connectivity index (χ0v) is 15.4. The van der Waals surface area contributed by atoms with E-state index in [1.54, 1.807) is 24.4 Å². The summed E-state index contributed by atoms with van der Waals surface area (Å²) in [6, 6.07) is 8.22. The predicted molar refractivity (Wildman–Crippen MR) is 101 cm³/mol. The summed E-state index contributed by atoms with van der Waals surface area (Å²) in [5.74, 6) is -0.661. The Bertz CT molecular complexity index is 928. The van der Waals surface area contributed by atoms with Crippen LogP contribution in [0.3, 0.4) is 0 Å². The van der Waals surface area contributed by atoms with Gasteiger partial charge in [0.2, 0.25) is 5.91 Å². The first-order chi connectivity index (χ1) is 13.4. The zero-order chi connectivity index (χ0) is 19.9. The van der Waals surface area contributed by atoms with Crippen molar-refractivity contribution < 1.29 is 18.7 Å². The average molecular weight is 384 g/mol. The minimum atomic E-state index is -0.564. The molecule has 1 aromatic carbocycles. The van der Waals surface area contributed by atoms with Crippen LogP contribution in [0.4, 0.5) is 14.9 Å². The first-order valence-corrected chi connectivity index (χ1v) is 9.14. The van der Waals surface area contributed by atoms with Crippen LogP contribution in [0.1, 0.15) is 25.5 Å². The molecule has 2 fully saturated rings. The van der Waals surface area contributed by atoms with Crippen LogP contribution in [0.5, 0.6) is 0 Å². The van der Waals surface area contributed by atoms with Gasteiger partial charge in [-0.3, -0.25) is 14.7 Å². The van der Waals surface area contributed by atoms with E-state index in [2.05, 4.69) is 10.3 Å². The van der Waals surface area contributed by atoms with Gasteiger partial charge in [-0.25, -0.2) is 9.18 Å². The Hall–Kier alpha value is -3.00. The molecule has 8 heteroatoms. The molecule has 0 radical (unpaired) electrons. The third-order valence-corrected chi connectivity index (χ3v) is 5.09. The highest BCUT2D eigenvalue weighted by molar-refractivity contribution is 5.90. The number of nitrogens with one attached hydrogen (secondary N) is 1. The molecule has 2 aromatic rings. The molecular formula is C20H21FN4O3. The van der Waals surface area contributed by atoms with Crippen molar-refractivity contribution >= 4 is 17.7 Å². The number of benzene rings is 1. The second-order valence-corrected chi connectivity index (χ2v) is 7.31. The number of hydrogen-bond acceptors (Lipinski definition) is 5. The van der Waals surface area contributed by atoms with E-state index in [1.807, 2.05) is 6.07 Å². The number of ether oxygens (including phenoxy) is 1. The molecule has 2 heterocycles. The molecule has 1 atom stereocenters. The maximum atomic E-state index is 14.7. The molecule has 0 spiro atoms. The van der Waals surface area contributed by atoms with Crippen LogP contribution in [0.15, 0.2) is 36.5 Å². The number of nitrogens with two attached hydrogens (primary N) is 1. The molecule has 1 unspecified atom stereocenters. The van der Waals surface area contributed by atoms with Crippen molar-refractivity contribution in [2.24, 2.45) is 5.73 Å². The van der Waals surface area contributed by atoms with E-state index in [0.717, 1.165) is 18.5 Å². The lowest BCUT2D eigenvalue weighted by Gasteiger charge is -2.15. The minimum Gasteiger partial charge on any atom is -0.442 e. The van der Waals surface area contributed by atoms with E-state index in [4.69, 9.17) is 10.5 Å². The summed E-state index contributed by atoms with van der Waals surface area (Å²) >= 11 is 0. The lowest BCUT2D eigenvalue weighted by molar-refractivity contribution is -0.119. The zero-order valence-electron chi connectivity index (χ0n) is 15.4. The molecule has 7 nitrogen and oxygen atoms in total. The maximum Gasteiger partial charge on any atom is 0.414 e. The van der Waals surface area contributed by atoms with Crippen LogP contribution in [-0.2, 0) is 15.1 Å². The fourth-order valence-electron chi connectivity index (χ4n) is 3.24. The Morgan fingerprint density at radius 1 is 1.39 bits per heavy atom. The van der Waals surface area contributed by atoms with Crippen LogP contribution in [0, 0.1) is 5.82 Å². The van der Waals surface area contributed by atoms with Crippen molar-refractivity contribution in [2.45, 2.75) is 31.4 Å². The highest BCUT2D eigenvalue weighted by Gasteiger charge is 2.41. The maximum absolute atomic E-state index is 14.7. The van der Waals surface area contributed by atoms with Gasteiger partial charge in [-0.1, -0.05) is 6.07 Å². The molecule has 2 aliphatic rings. The lowest BCUT2D eigenvalue weighted by Crippen LogP contribution is -2.33. The van der Waals surface area contributed by atoms with E-state index >= 15 is 0 Å². The summed E-state index contributed by atoms with van der Waals surface area (Å²) in [4.78, 5) is 28.8. The fourth-order valence-corrected chi connectivity index (χ4v) is 3.24. The third kappa shape index (κ3) is 3.55. The van der Waals surface area contributed by atoms with Crippen LogP contribution in [0.2, 0.25) is 0 Å². The van der Waals surface area contributed by atoms with Crippen LogP contribution >= 0.6 is 0 Å². The van der Waals surface area contributed by atoms with Crippen molar-refractivity contribution in [1.82, 2.24) is 10.3 Å². The highest BCUT2D eigenvalue weighted by atomic mass is 19.1. The first-order valence-electron chi connectivity index (χ1n) is 9.14. The monoisotopic (exact) mass is 384 g/mol. The van der Waals surface area contributed by atoms with Crippen molar-refractivity contribution in [3.8, 4) is 11.1 Å². The molecule has 0 bridgehead atoms.